The van der Waals surface area contributed by atoms with Crippen molar-refractivity contribution in [2.24, 2.45) is 0 Å². The Balaban J connectivity index is 1.79. The van der Waals surface area contributed by atoms with E-state index in [1.165, 1.54) is 23.1 Å². The van der Waals surface area contributed by atoms with E-state index in [9.17, 15) is 9.59 Å². The van der Waals surface area contributed by atoms with Gasteiger partial charge in [0, 0.05) is 11.6 Å². The van der Waals surface area contributed by atoms with Crippen LogP contribution in [0.5, 0.6) is 0 Å². The summed E-state index contributed by atoms with van der Waals surface area (Å²) in [5.74, 6) is -0.323. The smallest absolute Gasteiger partial charge is 0.321 e. The Morgan fingerprint density at radius 2 is 1.92 bits per heavy atom. The maximum atomic E-state index is 12.1. The fourth-order valence-corrected chi connectivity index (χ4v) is 4.44. The number of carbonyl (C=O) groups excluding carboxylic acids is 2. The fraction of sp³-hybridized carbons (Fsp3) is 0.733. The Bertz CT molecular complexity index is 579. The first-order valence-corrected chi connectivity index (χ1v) is 9.82. The molecule has 1 aromatic rings. The second kappa shape index (κ2) is 8.15. The van der Waals surface area contributed by atoms with Crippen molar-refractivity contribution in [3.8, 4) is 0 Å². The highest BCUT2D eigenvalue weighted by Crippen LogP contribution is 2.30. The van der Waals surface area contributed by atoms with Gasteiger partial charge in [0.25, 0.3) is 0 Å². The minimum atomic E-state index is -0.422. The first-order chi connectivity index (χ1) is 11.2. The van der Waals surface area contributed by atoms with E-state index >= 15 is 0 Å². The second-order valence-corrected chi connectivity index (χ2v) is 9.52. The largest absolute Gasteiger partial charge is 0.355 e. The molecule has 134 valence electrons. The molecule has 1 unspecified atom stereocenters. The molecule has 1 atom stereocenters. The number of imide groups is 1. The van der Waals surface area contributed by atoms with Crippen LogP contribution in [0.3, 0.4) is 0 Å². The van der Waals surface area contributed by atoms with Crippen LogP contribution in [0.1, 0.15) is 53.4 Å². The zero-order chi connectivity index (χ0) is 17.7. The van der Waals surface area contributed by atoms with Gasteiger partial charge in [-0.05, 0) is 40.5 Å². The van der Waals surface area contributed by atoms with Crippen LogP contribution in [0, 0.1) is 0 Å². The minimum absolute atomic E-state index is 0.0945. The normalized spacial score (nSPS) is 16.7. The number of anilines is 1. The lowest BCUT2D eigenvalue weighted by molar-refractivity contribution is -0.119. The summed E-state index contributed by atoms with van der Waals surface area (Å²) in [4.78, 5) is 24.0. The van der Waals surface area contributed by atoms with Crippen molar-refractivity contribution in [1.29, 1.82) is 0 Å². The molecule has 0 aliphatic heterocycles. The quantitative estimate of drug-likeness (QED) is 0.689. The maximum Gasteiger partial charge on any atom is 0.321 e. The molecule has 0 aromatic carbocycles. The average molecular weight is 372 g/mol. The molecule has 0 radical (unpaired) electrons. The van der Waals surface area contributed by atoms with Crippen LogP contribution >= 0.6 is 23.1 Å². The summed E-state index contributed by atoms with van der Waals surface area (Å²) in [5, 5.41) is 16.9. The van der Waals surface area contributed by atoms with Crippen LogP contribution in [-0.4, -0.2) is 39.0 Å². The highest BCUT2D eigenvalue weighted by atomic mass is 32.2. The van der Waals surface area contributed by atoms with E-state index in [-0.39, 0.29) is 17.5 Å². The van der Waals surface area contributed by atoms with Crippen LogP contribution in [-0.2, 0) is 4.79 Å². The molecule has 1 aromatic heterocycles. The van der Waals surface area contributed by atoms with E-state index < -0.39 is 11.3 Å². The Morgan fingerprint density at radius 3 is 2.54 bits per heavy atom. The van der Waals surface area contributed by atoms with Gasteiger partial charge in [-0.15, -0.1) is 10.2 Å². The monoisotopic (exact) mass is 371 g/mol. The molecule has 1 aliphatic carbocycles. The van der Waals surface area contributed by atoms with Gasteiger partial charge in [-0.25, -0.2) is 4.79 Å². The molecule has 1 saturated carbocycles. The van der Waals surface area contributed by atoms with Gasteiger partial charge >= 0.3 is 6.03 Å². The average Bonchev–Trinajstić information content (AvgIpc) is 3.09. The number of carbonyl (C=O) groups is 2. The molecule has 1 fully saturated rings. The predicted molar refractivity (Wildman–Crippen MR) is 97.5 cm³/mol. The van der Waals surface area contributed by atoms with Crippen molar-refractivity contribution in [2.75, 3.05) is 5.32 Å². The topological polar surface area (TPSA) is 96.0 Å². The lowest BCUT2D eigenvalue weighted by Crippen LogP contribution is -2.45. The molecular weight excluding hydrogens is 346 g/mol. The Labute approximate surface area is 150 Å². The third kappa shape index (κ3) is 6.27. The molecule has 2 rings (SSSR count). The summed E-state index contributed by atoms with van der Waals surface area (Å²) >= 11 is 2.70. The standard InChI is InChI=1S/C15H25N5O2S2/c1-9(11(21)17-12(22)16-10-7-5-6-8-10)23-14-20-19-13(24-14)18-15(2,3)4/h9-10H,5-8H2,1-4H3,(H,18,19)(H2,16,17,21,22). The first-order valence-electron chi connectivity index (χ1n) is 8.12. The molecule has 3 amide bonds. The Hall–Kier alpha value is -1.35. The molecular formula is C15H25N5O2S2. The molecule has 0 spiro atoms. The number of rotatable bonds is 5. The van der Waals surface area contributed by atoms with Gasteiger partial charge in [-0.1, -0.05) is 35.9 Å². The third-order valence-electron chi connectivity index (χ3n) is 3.46. The number of amides is 3. The predicted octanol–water partition coefficient (Wildman–Crippen LogP) is 3.00. The summed E-state index contributed by atoms with van der Waals surface area (Å²) in [6.07, 6.45) is 4.24. The van der Waals surface area contributed by atoms with Gasteiger partial charge in [-0.3, -0.25) is 10.1 Å². The van der Waals surface area contributed by atoms with Crippen molar-refractivity contribution in [2.45, 2.75) is 74.5 Å². The van der Waals surface area contributed by atoms with Crippen LogP contribution in [0.25, 0.3) is 0 Å². The lowest BCUT2D eigenvalue weighted by Gasteiger charge is -2.18. The zero-order valence-electron chi connectivity index (χ0n) is 14.5. The van der Waals surface area contributed by atoms with Crippen LogP contribution in [0.2, 0.25) is 0 Å². The molecule has 7 nitrogen and oxygen atoms in total. The summed E-state index contributed by atoms with van der Waals surface area (Å²) in [6.45, 7) is 7.88. The lowest BCUT2D eigenvalue weighted by atomic mass is 10.1. The van der Waals surface area contributed by atoms with E-state index in [0.29, 0.717) is 4.34 Å². The molecule has 1 heterocycles. The maximum absolute atomic E-state index is 12.1. The van der Waals surface area contributed by atoms with E-state index in [1.807, 2.05) is 20.8 Å². The van der Waals surface area contributed by atoms with E-state index in [2.05, 4.69) is 26.1 Å². The number of nitrogens with zero attached hydrogens (tertiary/aromatic N) is 2. The summed E-state index contributed by atoms with van der Waals surface area (Å²) in [5.41, 5.74) is -0.0945. The molecule has 0 bridgehead atoms. The van der Waals surface area contributed by atoms with Crippen LogP contribution < -0.4 is 16.0 Å². The van der Waals surface area contributed by atoms with Crippen molar-refractivity contribution in [1.82, 2.24) is 20.8 Å². The van der Waals surface area contributed by atoms with E-state index in [1.54, 1.807) is 6.92 Å². The fourth-order valence-electron chi connectivity index (χ4n) is 2.34. The van der Waals surface area contributed by atoms with Gasteiger partial charge in [0.05, 0.1) is 5.25 Å². The number of hydrogen-bond acceptors (Lipinski definition) is 7. The number of aromatic nitrogens is 2. The van der Waals surface area contributed by atoms with Crippen molar-refractivity contribution < 1.29 is 9.59 Å². The van der Waals surface area contributed by atoms with Gasteiger partial charge < -0.3 is 10.6 Å². The van der Waals surface area contributed by atoms with Gasteiger partial charge in [0.1, 0.15) is 0 Å². The van der Waals surface area contributed by atoms with Crippen molar-refractivity contribution >= 4 is 40.2 Å². The van der Waals surface area contributed by atoms with Crippen molar-refractivity contribution in [3.63, 3.8) is 0 Å². The van der Waals surface area contributed by atoms with Crippen molar-refractivity contribution in [3.05, 3.63) is 0 Å². The summed E-state index contributed by atoms with van der Waals surface area (Å²) < 4.78 is 0.695. The van der Waals surface area contributed by atoms with Crippen LogP contribution in [0.15, 0.2) is 4.34 Å². The molecule has 24 heavy (non-hydrogen) atoms. The minimum Gasteiger partial charge on any atom is -0.355 e. The molecule has 3 N–H and O–H groups in total. The highest BCUT2D eigenvalue weighted by Gasteiger charge is 2.22. The molecule has 1 aliphatic rings. The highest BCUT2D eigenvalue weighted by molar-refractivity contribution is 8.02. The number of thioether (sulfide) groups is 1. The third-order valence-corrected chi connectivity index (χ3v) is 5.49. The van der Waals surface area contributed by atoms with Gasteiger partial charge in [0.15, 0.2) is 4.34 Å². The zero-order valence-corrected chi connectivity index (χ0v) is 16.1. The number of urea groups is 1. The number of hydrogen-bond donors (Lipinski definition) is 3. The van der Waals surface area contributed by atoms with E-state index in [4.69, 9.17) is 0 Å². The second-order valence-electron chi connectivity index (χ2n) is 6.95. The van der Waals surface area contributed by atoms with E-state index in [0.717, 1.165) is 30.8 Å². The first kappa shape index (κ1) is 19.0. The Morgan fingerprint density at radius 1 is 1.25 bits per heavy atom. The van der Waals surface area contributed by atoms with Gasteiger partial charge in [-0.2, -0.15) is 0 Å². The summed E-state index contributed by atoms with van der Waals surface area (Å²) in [7, 11) is 0. The van der Waals surface area contributed by atoms with Gasteiger partial charge in [0.2, 0.25) is 11.0 Å². The molecule has 9 heteroatoms. The molecule has 0 saturated heterocycles. The Kier molecular flexibility index (Phi) is 6.45. The summed E-state index contributed by atoms with van der Waals surface area (Å²) in [6, 6.07) is -0.221. The SMILES string of the molecule is CC(Sc1nnc(NC(C)(C)C)s1)C(=O)NC(=O)NC1CCCC1. The van der Waals surface area contributed by atoms with Crippen LogP contribution in [0.4, 0.5) is 9.93 Å². The number of nitrogens with one attached hydrogen (secondary N) is 3.